The molecule has 0 bridgehead atoms. The molecule has 4 amide bonds. The van der Waals surface area contributed by atoms with E-state index in [1.165, 1.54) is 38.3 Å². The highest BCUT2D eigenvalue weighted by molar-refractivity contribution is 6.29. The maximum atomic E-state index is 13.7. The number of anilines is 2. The van der Waals surface area contributed by atoms with Crippen molar-refractivity contribution in [1.29, 1.82) is 0 Å². The summed E-state index contributed by atoms with van der Waals surface area (Å²) in [6, 6.07) is 6.27. The predicted octanol–water partition coefficient (Wildman–Crippen LogP) is -0.123. The number of aromatic nitrogens is 1. The van der Waals surface area contributed by atoms with E-state index in [4.69, 9.17) is 16.3 Å². The monoisotopic (exact) mass is 559 g/mol. The first-order valence-corrected chi connectivity index (χ1v) is 12.0. The summed E-state index contributed by atoms with van der Waals surface area (Å²) in [4.78, 5) is 81.2. The molecule has 3 rings (SSSR count). The number of hydrogen-bond donors (Lipinski definition) is 3. The van der Waals surface area contributed by atoms with E-state index in [1.807, 2.05) is 0 Å². The van der Waals surface area contributed by atoms with E-state index in [0.29, 0.717) is 6.29 Å². The first-order chi connectivity index (χ1) is 18.6. The number of nitrogens with zero attached hydrogens (tertiary/aromatic N) is 3. The number of rotatable bonds is 10. The zero-order chi connectivity index (χ0) is 28.7. The molecule has 0 saturated carbocycles. The number of methoxy groups -OCH3 is 1. The number of benzene rings is 1. The van der Waals surface area contributed by atoms with Crippen LogP contribution in [-0.4, -0.2) is 84.7 Å². The van der Waals surface area contributed by atoms with Crippen LogP contribution in [0.5, 0.6) is 5.88 Å². The number of aliphatic hydroxyl groups is 1. The normalized spacial score (nSPS) is 15.5. The molecule has 39 heavy (non-hydrogen) atoms. The molecule has 0 aliphatic carbocycles. The van der Waals surface area contributed by atoms with Crippen LogP contribution in [0.25, 0.3) is 0 Å². The van der Waals surface area contributed by atoms with Crippen LogP contribution < -0.4 is 25.2 Å². The molecule has 0 unspecified atom stereocenters. The third-order valence-corrected chi connectivity index (χ3v) is 5.89. The Morgan fingerprint density at radius 1 is 1.23 bits per heavy atom. The maximum Gasteiger partial charge on any atom is 0.252 e. The van der Waals surface area contributed by atoms with Crippen molar-refractivity contribution >= 4 is 58.7 Å². The Hall–Kier alpha value is -4.36. The van der Waals surface area contributed by atoms with Crippen molar-refractivity contribution in [2.45, 2.75) is 25.4 Å². The molecule has 3 N–H and O–H groups in total. The molecule has 2 aromatic rings. The molecule has 13 nitrogen and oxygen atoms in total. The van der Waals surface area contributed by atoms with Crippen LogP contribution in [0.3, 0.4) is 0 Å². The minimum absolute atomic E-state index is 0.0174. The highest BCUT2D eigenvalue weighted by atomic mass is 35.5. The van der Waals surface area contributed by atoms with Gasteiger partial charge in [0.1, 0.15) is 36.4 Å². The predicted molar refractivity (Wildman–Crippen MR) is 139 cm³/mol. The van der Waals surface area contributed by atoms with Crippen LogP contribution in [0.1, 0.15) is 23.7 Å². The fourth-order valence-electron chi connectivity index (χ4n) is 3.97. The average Bonchev–Trinajstić information content (AvgIpc) is 3.02. The number of ketones is 1. The lowest BCUT2D eigenvalue weighted by atomic mass is 10.1. The van der Waals surface area contributed by atoms with Gasteiger partial charge in [-0.25, -0.2) is 4.98 Å². The fourth-order valence-corrected chi connectivity index (χ4v) is 4.17. The second-order valence-electron chi connectivity index (χ2n) is 8.54. The summed E-state index contributed by atoms with van der Waals surface area (Å²) < 4.78 is 5.03. The quantitative estimate of drug-likeness (QED) is 0.264. The Labute approximate surface area is 228 Å². The summed E-state index contributed by atoms with van der Waals surface area (Å²) in [5, 5.41) is 14.5. The van der Waals surface area contributed by atoms with Crippen LogP contribution >= 0.6 is 11.6 Å². The lowest BCUT2D eigenvalue weighted by Crippen LogP contribution is -2.55. The van der Waals surface area contributed by atoms with Crippen molar-refractivity contribution in [3.05, 3.63) is 47.1 Å². The van der Waals surface area contributed by atoms with E-state index >= 15 is 0 Å². The van der Waals surface area contributed by atoms with Gasteiger partial charge >= 0.3 is 0 Å². The molecular weight excluding hydrogens is 534 g/mol. The Morgan fingerprint density at radius 3 is 2.54 bits per heavy atom. The smallest absolute Gasteiger partial charge is 0.252 e. The number of Topliss-reactive ketones (excluding diaryl/α,β-unsaturated/α-hetero) is 1. The molecule has 1 aromatic carbocycles. The van der Waals surface area contributed by atoms with Gasteiger partial charge in [0.25, 0.3) is 17.7 Å². The van der Waals surface area contributed by atoms with Gasteiger partial charge in [0, 0.05) is 18.1 Å². The molecule has 2 atom stereocenters. The lowest BCUT2D eigenvalue weighted by Gasteiger charge is -2.25. The van der Waals surface area contributed by atoms with Crippen molar-refractivity contribution < 1.29 is 38.6 Å². The summed E-state index contributed by atoms with van der Waals surface area (Å²) in [5.41, 5.74) is 0.376. The van der Waals surface area contributed by atoms with Gasteiger partial charge in [0.2, 0.25) is 11.8 Å². The van der Waals surface area contributed by atoms with Crippen LogP contribution in [0, 0.1) is 0 Å². The molecule has 14 heteroatoms. The Balaban J connectivity index is 1.98. The lowest BCUT2D eigenvalue weighted by molar-refractivity contribution is -0.127. The number of hydrogen-bond acceptors (Lipinski definition) is 9. The van der Waals surface area contributed by atoms with Crippen LogP contribution in [0.2, 0.25) is 5.15 Å². The van der Waals surface area contributed by atoms with Gasteiger partial charge in [-0.3, -0.25) is 28.9 Å². The van der Waals surface area contributed by atoms with E-state index in [0.717, 1.165) is 9.80 Å². The Kier molecular flexibility index (Phi) is 9.68. The van der Waals surface area contributed by atoms with Crippen molar-refractivity contribution in [2.24, 2.45) is 0 Å². The Morgan fingerprint density at radius 2 is 1.92 bits per heavy atom. The van der Waals surface area contributed by atoms with Crippen molar-refractivity contribution in [2.75, 3.05) is 36.6 Å². The van der Waals surface area contributed by atoms with Gasteiger partial charge in [0.05, 0.1) is 31.1 Å². The number of pyridine rings is 1. The van der Waals surface area contributed by atoms with E-state index < -0.39 is 48.9 Å². The summed E-state index contributed by atoms with van der Waals surface area (Å²) in [7, 11) is 1.33. The van der Waals surface area contributed by atoms with Gasteiger partial charge < -0.3 is 30.2 Å². The summed E-state index contributed by atoms with van der Waals surface area (Å²) >= 11 is 5.96. The van der Waals surface area contributed by atoms with E-state index in [1.54, 1.807) is 12.1 Å². The molecule has 0 saturated heterocycles. The number of carbonyl (C=O) groups excluding carboxylic acids is 6. The largest absolute Gasteiger partial charge is 0.481 e. The summed E-state index contributed by atoms with van der Waals surface area (Å²) in [6.45, 7) is -0.577. The van der Waals surface area contributed by atoms with Crippen molar-refractivity contribution in [3.8, 4) is 5.88 Å². The first-order valence-electron chi connectivity index (χ1n) is 11.7. The number of fused-ring (bicyclic) bond motifs is 1. The van der Waals surface area contributed by atoms with Gasteiger partial charge in [-0.15, -0.1) is 0 Å². The second-order valence-corrected chi connectivity index (χ2v) is 8.93. The number of aldehydes is 1. The number of para-hydroxylation sites is 2. The van der Waals surface area contributed by atoms with Crippen molar-refractivity contribution in [1.82, 2.24) is 15.6 Å². The number of nitrogens with one attached hydrogen (secondary N) is 2. The van der Waals surface area contributed by atoms with Gasteiger partial charge in [-0.05, 0) is 25.1 Å². The molecule has 1 aromatic heterocycles. The average molecular weight is 560 g/mol. The number of amides is 4. The van der Waals surface area contributed by atoms with E-state index in [-0.39, 0.29) is 46.7 Å². The Bertz CT molecular complexity index is 1300. The van der Waals surface area contributed by atoms with Crippen LogP contribution in [0.15, 0.2) is 36.4 Å². The highest BCUT2D eigenvalue weighted by Crippen LogP contribution is 2.33. The first kappa shape index (κ1) is 29.2. The standard InChI is InChI=1S/C25H26ClN5O8/c1-14(34)7-16(12-32)27-21(35)11-31-19-6-4-3-5-18(19)30(23(36)13-33)10-17(25(31)38)28-24(37)15-8-20(26)29-22(9-15)39-2/h3-6,8-9,12,16-17,33H,7,10-11,13H2,1-2H3,(H,27,35)(H,28,37)/t16-,17-/m0/s1. The molecule has 0 radical (unpaired) electrons. The van der Waals surface area contributed by atoms with Crippen molar-refractivity contribution in [3.63, 3.8) is 0 Å². The number of carbonyl (C=O) groups is 6. The molecule has 1 aliphatic heterocycles. The molecule has 1 aliphatic rings. The van der Waals surface area contributed by atoms with E-state index in [2.05, 4.69) is 15.6 Å². The number of ether oxygens (including phenoxy) is 1. The van der Waals surface area contributed by atoms with Gasteiger partial charge in [-0.1, -0.05) is 23.7 Å². The molecule has 2 heterocycles. The minimum atomic E-state index is -1.37. The molecule has 0 spiro atoms. The van der Waals surface area contributed by atoms with Crippen LogP contribution in [-0.2, 0) is 24.0 Å². The zero-order valence-electron chi connectivity index (χ0n) is 21.0. The molecule has 206 valence electrons. The summed E-state index contributed by atoms with van der Waals surface area (Å²) in [5.74, 6) is -3.27. The zero-order valence-corrected chi connectivity index (χ0v) is 21.8. The summed E-state index contributed by atoms with van der Waals surface area (Å²) in [6.07, 6.45) is 0.186. The SMILES string of the molecule is COc1cc(C(=O)N[C@H]2CN(C(=O)CO)c3ccccc3N(CC(=O)N[C@H](C=O)CC(C)=O)C2=O)cc(Cl)n1. The van der Waals surface area contributed by atoms with Gasteiger partial charge in [-0.2, -0.15) is 0 Å². The van der Waals surface area contributed by atoms with E-state index in [9.17, 15) is 33.9 Å². The molecule has 0 fully saturated rings. The third-order valence-electron chi connectivity index (χ3n) is 5.70. The third kappa shape index (κ3) is 7.15. The number of halogens is 1. The minimum Gasteiger partial charge on any atom is -0.481 e. The van der Waals surface area contributed by atoms with Crippen LogP contribution in [0.4, 0.5) is 11.4 Å². The topological polar surface area (TPSA) is 175 Å². The second kappa shape index (κ2) is 12.9. The van der Waals surface area contributed by atoms with Gasteiger partial charge in [0.15, 0.2) is 0 Å². The maximum absolute atomic E-state index is 13.7. The molecular formula is C25H26ClN5O8. The number of aliphatic hydroxyl groups excluding tert-OH is 1. The highest BCUT2D eigenvalue weighted by Gasteiger charge is 2.37. The fraction of sp³-hybridized carbons (Fsp3) is 0.320.